The molecule has 0 saturated heterocycles. The number of amides is 6. The minimum Gasteiger partial charge on any atom is -0.508 e. The van der Waals surface area contributed by atoms with Crippen LogP contribution in [0.25, 0.3) is 16.5 Å². The molecule has 0 spiro atoms. The molecule has 0 radical (unpaired) electrons. The van der Waals surface area contributed by atoms with Crippen molar-refractivity contribution in [1.82, 2.24) is 26.6 Å². The average molecular weight is 989 g/mol. The van der Waals surface area contributed by atoms with Crippen LogP contribution in [0.3, 0.4) is 0 Å². The molecular formula is C53H60N6O13. The first kappa shape index (κ1) is 53.3. The van der Waals surface area contributed by atoms with Crippen LogP contribution in [0.15, 0.2) is 105 Å². The number of carboxylic acid groups (broad SMARTS) is 1. The Bertz CT molecular complexity index is 2850. The average Bonchev–Trinajstić information content (AvgIpc) is 3.32. The third-order valence-corrected chi connectivity index (χ3v) is 12.1. The summed E-state index contributed by atoms with van der Waals surface area (Å²) in [5.74, 6) is -4.72. The van der Waals surface area contributed by atoms with E-state index < -0.39 is 65.9 Å². The standard InChI is InChI=1S/C53H60N6O13/c1-29(2)22-42(51(67)56-28-47(64)58-41(10-7-9-20-54-31(4)60)52(68)57-33-13-17-36-30(3)23-48(65)72-43(36)25-33)59-46(63)11-6-5-8-21-55-50(66)32-12-16-37(40(24-32)53(69)70)49-38-18-14-34(61)26-44(38)71-45-27-35(62)15-19-39(45)49/h12-19,23-27,29,38,41-42,45,62H,5-11,20-22,28H2,1-4H3,(H,54,60)(H,55,66)(H,56,67)(H,57,68)(H,58,64)(H,59,63)(H,69,70)/t38?,41-,42+,45?/m0/s1. The number of carbonyl (C=O) groups excluding carboxylic acids is 7. The number of aromatic carboxylic acids is 1. The van der Waals surface area contributed by atoms with E-state index >= 15 is 0 Å². The number of hydrogen-bond acceptors (Lipinski definition) is 12. The molecule has 6 rings (SSSR count). The van der Waals surface area contributed by atoms with Gasteiger partial charge in [0, 0.05) is 72.9 Å². The summed E-state index contributed by atoms with van der Waals surface area (Å²) in [5.41, 5.74) is 2.26. The van der Waals surface area contributed by atoms with Crippen molar-refractivity contribution in [3.63, 3.8) is 0 Å². The van der Waals surface area contributed by atoms with Crippen molar-refractivity contribution in [3.05, 3.63) is 129 Å². The van der Waals surface area contributed by atoms with Gasteiger partial charge in [0.1, 0.15) is 35.3 Å². The molecule has 1 aliphatic heterocycles. The Labute approximate surface area is 415 Å². The highest BCUT2D eigenvalue weighted by molar-refractivity contribution is 6.04. The van der Waals surface area contributed by atoms with E-state index in [1.54, 1.807) is 37.3 Å². The lowest BCUT2D eigenvalue weighted by Gasteiger charge is -2.36. The molecule has 0 fully saturated rings. The zero-order valence-electron chi connectivity index (χ0n) is 40.6. The maximum Gasteiger partial charge on any atom is 0.336 e. The molecule has 0 saturated carbocycles. The number of ether oxygens (including phenoxy) is 1. The molecule has 0 bridgehead atoms. The number of aliphatic hydroxyl groups is 1. The van der Waals surface area contributed by atoms with E-state index in [0.717, 1.165) is 0 Å². The van der Waals surface area contributed by atoms with Gasteiger partial charge in [0.2, 0.25) is 29.5 Å². The summed E-state index contributed by atoms with van der Waals surface area (Å²) in [6.07, 6.45) is 11.2. The molecule has 19 nitrogen and oxygen atoms in total. The minimum absolute atomic E-state index is 0.00128. The summed E-state index contributed by atoms with van der Waals surface area (Å²) in [5, 5.41) is 37.4. The van der Waals surface area contributed by atoms with Crippen LogP contribution in [-0.4, -0.2) is 95.2 Å². The number of anilines is 1. The van der Waals surface area contributed by atoms with Gasteiger partial charge in [-0.25, -0.2) is 9.59 Å². The van der Waals surface area contributed by atoms with Crippen LogP contribution in [0.5, 0.6) is 0 Å². The Hall–Kier alpha value is -8.09. The second kappa shape index (κ2) is 24.6. The lowest BCUT2D eigenvalue weighted by molar-refractivity contribution is -0.131. The quantitative estimate of drug-likeness (QED) is 0.0461. The Balaban J connectivity index is 0.971. The molecule has 380 valence electrons. The van der Waals surface area contributed by atoms with Crippen molar-refractivity contribution in [2.75, 3.05) is 25.0 Å². The Morgan fingerprint density at radius 1 is 0.792 bits per heavy atom. The van der Waals surface area contributed by atoms with Gasteiger partial charge in [0.05, 0.1) is 18.0 Å². The third kappa shape index (κ3) is 14.5. The van der Waals surface area contributed by atoms with Gasteiger partial charge in [-0.2, -0.15) is 0 Å². The molecule has 3 aromatic rings. The van der Waals surface area contributed by atoms with Crippen LogP contribution < -0.4 is 37.5 Å². The van der Waals surface area contributed by atoms with Crippen LogP contribution in [0.2, 0.25) is 0 Å². The van der Waals surface area contributed by atoms with Gasteiger partial charge in [-0.1, -0.05) is 38.5 Å². The number of fused-ring (bicyclic) bond motifs is 3. The summed E-state index contributed by atoms with van der Waals surface area (Å²) >= 11 is 0. The maximum absolute atomic E-state index is 13.5. The summed E-state index contributed by atoms with van der Waals surface area (Å²) in [6, 6.07) is 8.61. The van der Waals surface area contributed by atoms with E-state index in [1.807, 2.05) is 13.8 Å². The molecule has 2 heterocycles. The van der Waals surface area contributed by atoms with Crippen molar-refractivity contribution in [2.24, 2.45) is 11.8 Å². The van der Waals surface area contributed by atoms with Gasteiger partial charge in [-0.15, -0.1) is 0 Å². The number of ketones is 1. The minimum atomic E-state index is -1.27. The predicted molar refractivity (Wildman–Crippen MR) is 266 cm³/mol. The Kier molecular flexibility index (Phi) is 18.2. The molecule has 1 aromatic heterocycles. The van der Waals surface area contributed by atoms with Crippen molar-refractivity contribution >= 4 is 69.4 Å². The lowest BCUT2D eigenvalue weighted by atomic mass is 9.78. The summed E-state index contributed by atoms with van der Waals surface area (Å²) in [7, 11) is 0. The van der Waals surface area contributed by atoms with E-state index in [4.69, 9.17) is 9.15 Å². The first-order chi connectivity index (χ1) is 34.4. The van der Waals surface area contributed by atoms with E-state index in [1.165, 1.54) is 55.5 Å². The van der Waals surface area contributed by atoms with Crippen LogP contribution in [0.1, 0.15) is 104 Å². The van der Waals surface area contributed by atoms with Crippen LogP contribution in [0.4, 0.5) is 5.69 Å². The molecule has 4 atom stereocenters. The molecule has 72 heavy (non-hydrogen) atoms. The van der Waals surface area contributed by atoms with Gasteiger partial charge < -0.3 is 51.3 Å². The van der Waals surface area contributed by atoms with Gasteiger partial charge in [-0.05, 0) is 104 Å². The highest BCUT2D eigenvalue weighted by Gasteiger charge is 2.37. The Morgan fingerprint density at radius 2 is 1.54 bits per heavy atom. The number of carboxylic acids is 1. The number of hydrogen-bond donors (Lipinski definition) is 8. The summed E-state index contributed by atoms with van der Waals surface area (Å²) < 4.78 is 11.3. The zero-order valence-corrected chi connectivity index (χ0v) is 40.6. The normalized spacial score (nSPS) is 16.5. The SMILES string of the molecule is CC(=O)NCCCC[C@H](NC(=O)CNC(=O)[C@@H](CC(C)C)NC(=O)CCCCCNC(=O)c1ccc(C2=C3C=CC(O)=CC3OC3=CC(=O)C=CC32)c(C(=O)O)c1)C(=O)Nc1ccc2c(C)cc(=O)oc2c1. The first-order valence-electron chi connectivity index (χ1n) is 23.9. The molecule has 3 aliphatic rings. The summed E-state index contributed by atoms with van der Waals surface area (Å²) in [4.78, 5) is 114. The molecular weight excluding hydrogens is 929 g/mol. The van der Waals surface area contributed by atoms with Gasteiger partial charge in [0.15, 0.2) is 5.78 Å². The molecule has 6 amide bonds. The monoisotopic (exact) mass is 988 g/mol. The van der Waals surface area contributed by atoms with Crippen LogP contribution >= 0.6 is 0 Å². The van der Waals surface area contributed by atoms with Crippen LogP contribution in [0, 0.1) is 18.8 Å². The number of unbranched alkanes of at least 4 members (excludes halogenated alkanes) is 3. The van der Waals surface area contributed by atoms with Gasteiger partial charge in [-0.3, -0.25) is 33.6 Å². The predicted octanol–water partition coefficient (Wildman–Crippen LogP) is 4.97. The third-order valence-electron chi connectivity index (χ3n) is 12.1. The van der Waals surface area contributed by atoms with Crippen LogP contribution in [-0.2, 0) is 33.5 Å². The van der Waals surface area contributed by atoms with Gasteiger partial charge >= 0.3 is 11.6 Å². The number of aliphatic hydroxyl groups excluding tert-OH is 1. The molecule has 2 unspecified atom stereocenters. The van der Waals surface area contributed by atoms with Crippen molar-refractivity contribution in [1.29, 1.82) is 0 Å². The van der Waals surface area contributed by atoms with Gasteiger partial charge in [0.25, 0.3) is 5.91 Å². The number of rotatable bonds is 23. The first-order valence-corrected chi connectivity index (χ1v) is 23.9. The fourth-order valence-electron chi connectivity index (χ4n) is 8.60. The lowest BCUT2D eigenvalue weighted by Crippen LogP contribution is -2.51. The van der Waals surface area contributed by atoms with Crippen molar-refractivity contribution in [2.45, 2.75) is 97.2 Å². The summed E-state index contributed by atoms with van der Waals surface area (Å²) in [6.45, 7) is 7.05. The number of nitrogens with one attached hydrogen (secondary N) is 6. The fraction of sp³-hybridized carbons (Fsp3) is 0.377. The molecule has 19 heteroatoms. The number of aryl methyl sites for hydroxylation is 1. The number of allylic oxidation sites excluding steroid dienone is 4. The Morgan fingerprint density at radius 3 is 2.29 bits per heavy atom. The highest BCUT2D eigenvalue weighted by atomic mass is 16.5. The smallest absolute Gasteiger partial charge is 0.336 e. The second-order valence-electron chi connectivity index (χ2n) is 18.3. The van der Waals surface area contributed by atoms with E-state index in [-0.39, 0.29) is 71.8 Å². The largest absolute Gasteiger partial charge is 0.508 e. The van der Waals surface area contributed by atoms with Crippen molar-refractivity contribution in [3.8, 4) is 0 Å². The number of benzene rings is 2. The topological polar surface area (TPSA) is 289 Å². The van der Waals surface area contributed by atoms with E-state index in [0.29, 0.717) is 77.8 Å². The second-order valence-corrected chi connectivity index (χ2v) is 18.3. The molecule has 8 N–H and O–H groups in total. The number of carbonyl (C=O) groups is 8. The van der Waals surface area contributed by atoms with E-state index in [9.17, 15) is 53.4 Å². The fourth-order valence-corrected chi connectivity index (χ4v) is 8.60. The molecule has 2 aliphatic carbocycles. The maximum atomic E-state index is 13.5. The van der Waals surface area contributed by atoms with E-state index in [2.05, 4.69) is 31.9 Å². The highest BCUT2D eigenvalue weighted by Crippen LogP contribution is 2.45. The van der Waals surface area contributed by atoms with Crippen molar-refractivity contribution < 1.29 is 57.7 Å². The zero-order chi connectivity index (χ0) is 52.1. The molecule has 2 aromatic carbocycles.